The van der Waals surface area contributed by atoms with Crippen molar-refractivity contribution in [3.05, 3.63) is 58.1 Å². The lowest BCUT2D eigenvalue weighted by molar-refractivity contribution is -0.384. The van der Waals surface area contributed by atoms with Gasteiger partial charge < -0.3 is 15.6 Å². The predicted octanol–water partition coefficient (Wildman–Crippen LogP) is 2.69. The summed E-state index contributed by atoms with van der Waals surface area (Å²) in [7, 11) is 0. The average molecular weight is 345 g/mol. The topological polar surface area (TPSA) is 136 Å². The third-order valence-corrected chi connectivity index (χ3v) is 3.27. The molecule has 3 N–H and O–H groups in total. The van der Waals surface area contributed by atoms with E-state index < -0.39 is 22.7 Å². The molecule has 0 aliphatic carbocycles. The van der Waals surface area contributed by atoms with Gasteiger partial charge in [0.05, 0.1) is 34.5 Å². The van der Waals surface area contributed by atoms with Gasteiger partial charge in [-0.25, -0.2) is 9.59 Å². The molecule has 0 aliphatic rings. The number of nitrogens with zero attached hydrogens (tertiary/aromatic N) is 2. The second-order valence-electron chi connectivity index (χ2n) is 4.87. The molecule has 9 heteroatoms. The van der Waals surface area contributed by atoms with Gasteiger partial charge >= 0.3 is 12.0 Å². The second-order valence-corrected chi connectivity index (χ2v) is 4.87. The van der Waals surface area contributed by atoms with Crippen molar-refractivity contribution >= 4 is 29.1 Å². The first-order valence-corrected chi connectivity index (χ1v) is 7.19. The van der Waals surface area contributed by atoms with Crippen LogP contribution < -0.4 is 10.6 Å². The lowest BCUT2D eigenvalue weighted by Gasteiger charge is -2.21. The van der Waals surface area contributed by atoms with E-state index in [0.717, 1.165) is 17.0 Å². The van der Waals surface area contributed by atoms with Crippen LogP contribution in [0.1, 0.15) is 17.3 Å². The van der Waals surface area contributed by atoms with E-state index in [1.807, 2.05) is 0 Å². The zero-order valence-corrected chi connectivity index (χ0v) is 13.2. The first kappa shape index (κ1) is 17.7. The summed E-state index contributed by atoms with van der Waals surface area (Å²) in [5, 5.41) is 20.7. The number of hydrogen-bond donors (Lipinski definition) is 2. The molecule has 130 valence electrons. The molecule has 0 unspecified atom stereocenters. The van der Waals surface area contributed by atoms with Crippen molar-refractivity contribution in [3.63, 3.8) is 0 Å². The van der Waals surface area contributed by atoms with E-state index >= 15 is 0 Å². The summed E-state index contributed by atoms with van der Waals surface area (Å²) in [5.41, 5.74) is 5.56. The first-order chi connectivity index (χ1) is 11.8. The molecule has 9 nitrogen and oxygen atoms in total. The van der Waals surface area contributed by atoms with Gasteiger partial charge in [-0.05, 0) is 37.3 Å². The van der Waals surface area contributed by atoms with Crippen LogP contribution in [-0.4, -0.2) is 28.6 Å². The number of amides is 2. The Morgan fingerprint density at radius 3 is 2.36 bits per heavy atom. The minimum atomic E-state index is -0.909. The lowest BCUT2D eigenvalue weighted by atomic mass is 10.1. The van der Waals surface area contributed by atoms with E-state index in [1.54, 1.807) is 6.92 Å². The van der Waals surface area contributed by atoms with Crippen molar-refractivity contribution in [1.29, 1.82) is 0 Å². The van der Waals surface area contributed by atoms with E-state index in [4.69, 9.17) is 10.5 Å². The van der Waals surface area contributed by atoms with Crippen LogP contribution in [0.5, 0.6) is 5.75 Å². The molecule has 0 saturated heterocycles. The van der Waals surface area contributed by atoms with Gasteiger partial charge in [0.25, 0.3) is 5.69 Å². The fraction of sp³-hybridized carbons (Fsp3) is 0.125. The molecule has 0 fully saturated rings. The van der Waals surface area contributed by atoms with Gasteiger partial charge in [0.1, 0.15) is 5.75 Å². The largest absolute Gasteiger partial charge is 0.505 e. The van der Waals surface area contributed by atoms with Crippen molar-refractivity contribution in [1.82, 2.24) is 0 Å². The van der Waals surface area contributed by atoms with Gasteiger partial charge in [-0.1, -0.05) is 0 Å². The standard InChI is InChI=1S/C16H15N3O6/c1-2-25-15(21)10-3-5-11(6-4-10)18(16(17)22)13-8-7-12(19(23)24)9-14(13)20/h3-9,20H,2H2,1H3,(H2,17,22). The number of aromatic hydroxyl groups is 1. The number of anilines is 2. The number of ether oxygens (including phenoxy) is 1. The number of urea groups is 1. The lowest BCUT2D eigenvalue weighted by Crippen LogP contribution is -2.31. The van der Waals surface area contributed by atoms with Crippen molar-refractivity contribution in [3.8, 4) is 5.75 Å². The highest BCUT2D eigenvalue weighted by Gasteiger charge is 2.21. The van der Waals surface area contributed by atoms with Crippen molar-refractivity contribution < 1.29 is 24.4 Å². The van der Waals surface area contributed by atoms with Gasteiger partial charge in [0.15, 0.2) is 0 Å². The van der Waals surface area contributed by atoms with Crippen LogP contribution in [0.3, 0.4) is 0 Å². The van der Waals surface area contributed by atoms with Gasteiger partial charge in [-0.15, -0.1) is 0 Å². The molecule has 0 aromatic heterocycles. The van der Waals surface area contributed by atoms with Crippen LogP contribution in [-0.2, 0) is 4.74 Å². The Morgan fingerprint density at radius 1 is 1.24 bits per heavy atom. The molecule has 2 aromatic rings. The highest BCUT2D eigenvalue weighted by atomic mass is 16.6. The zero-order chi connectivity index (χ0) is 18.6. The Labute approximate surface area is 142 Å². The smallest absolute Gasteiger partial charge is 0.338 e. The van der Waals surface area contributed by atoms with E-state index in [1.165, 1.54) is 30.3 Å². The number of nitro groups is 1. The summed E-state index contributed by atoms with van der Waals surface area (Å²) in [4.78, 5) is 34.5. The molecule has 0 saturated carbocycles. The van der Waals surface area contributed by atoms with Gasteiger partial charge in [-0.2, -0.15) is 0 Å². The number of nitro benzene ring substituents is 1. The van der Waals surface area contributed by atoms with Crippen molar-refractivity contribution in [2.75, 3.05) is 11.5 Å². The average Bonchev–Trinajstić information content (AvgIpc) is 2.57. The van der Waals surface area contributed by atoms with Gasteiger partial charge in [-0.3, -0.25) is 15.0 Å². The molecule has 0 radical (unpaired) electrons. The monoisotopic (exact) mass is 345 g/mol. The molecule has 0 bridgehead atoms. The molecule has 25 heavy (non-hydrogen) atoms. The molecule has 0 aliphatic heterocycles. The minimum Gasteiger partial charge on any atom is -0.505 e. The maximum Gasteiger partial charge on any atom is 0.338 e. The normalized spacial score (nSPS) is 10.1. The third-order valence-electron chi connectivity index (χ3n) is 3.27. The fourth-order valence-corrected chi connectivity index (χ4v) is 2.16. The fourth-order valence-electron chi connectivity index (χ4n) is 2.16. The van der Waals surface area contributed by atoms with Crippen LogP contribution in [0.25, 0.3) is 0 Å². The third kappa shape index (κ3) is 3.83. The number of benzene rings is 2. The Hall–Kier alpha value is -3.62. The highest BCUT2D eigenvalue weighted by molar-refractivity contribution is 6.00. The van der Waals surface area contributed by atoms with E-state index in [0.29, 0.717) is 0 Å². The molecule has 2 amide bonds. The molecular formula is C16H15N3O6. The number of esters is 1. The Morgan fingerprint density at radius 2 is 1.88 bits per heavy atom. The number of hydrogen-bond acceptors (Lipinski definition) is 6. The molecule has 2 aromatic carbocycles. The predicted molar refractivity (Wildman–Crippen MR) is 88.9 cm³/mol. The van der Waals surface area contributed by atoms with Crippen LogP contribution in [0.2, 0.25) is 0 Å². The highest BCUT2D eigenvalue weighted by Crippen LogP contribution is 2.35. The number of carbonyl (C=O) groups excluding carboxylic acids is 2. The summed E-state index contributed by atoms with van der Waals surface area (Å²) in [5.74, 6) is -1.000. The van der Waals surface area contributed by atoms with E-state index in [9.17, 15) is 24.8 Å². The molecule has 0 heterocycles. The summed E-state index contributed by atoms with van der Waals surface area (Å²) < 4.78 is 4.87. The zero-order valence-electron chi connectivity index (χ0n) is 13.2. The van der Waals surface area contributed by atoms with E-state index in [-0.39, 0.29) is 29.2 Å². The summed E-state index contributed by atoms with van der Waals surface area (Å²) in [6.45, 7) is 1.91. The summed E-state index contributed by atoms with van der Waals surface area (Å²) >= 11 is 0. The molecular weight excluding hydrogens is 330 g/mol. The summed E-state index contributed by atoms with van der Waals surface area (Å²) in [6.07, 6.45) is 0. The number of non-ortho nitro benzene ring substituents is 1. The first-order valence-electron chi connectivity index (χ1n) is 7.19. The SMILES string of the molecule is CCOC(=O)c1ccc(N(C(N)=O)c2ccc([N+](=O)[O-])cc2O)cc1. The van der Waals surface area contributed by atoms with Crippen LogP contribution in [0, 0.1) is 10.1 Å². The maximum absolute atomic E-state index is 11.8. The van der Waals surface area contributed by atoms with Gasteiger partial charge in [0, 0.05) is 6.07 Å². The number of nitrogens with two attached hydrogens (primary N) is 1. The van der Waals surface area contributed by atoms with Crippen molar-refractivity contribution in [2.24, 2.45) is 5.73 Å². The molecule has 2 rings (SSSR count). The second kappa shape index (κ2) is 7.30. The number of carbonyl (C=O) groups is 2. The van der Waals surface area contributed by atoms with Crippen molar-refractivity contribution in [2.45, 2.75) is 6.92 Å². The number of primary amides is 1. The maximum atomic E-state index is 11.8. The number of phenols is 1. The van der Waals surface area contributed by atoms with Crippen LogP contribution in [0.15, 0.2) is 42.5 Å². The minimum absolute atomic E-state index is 0.0259. The Bertz CT molecular complexity index is 819. The number of rotatable bonds is 5. The molecule has 0 atom stereocenters. The Kier molecular flexibility index (Phi) is 5.18. The van der Waals surface area contributed by atoms with E-state index in [2.05, 4.69) is 0 Å². The van der Waals surface area contributed by atoms with Gasteiger partial charge in [0.2, 0.25) is 0 Å². The van der Waals surface area contributed by atoms with Crippen LogP contribution >= 0.6 is 0 Å². The number of phenolic OH excluding ortho intramolecular Hbond substituents is 1. The quantitative estimate of drug-likeness (QED) is 0.486. The Balaban J connectivity index is 2.40. The summed E-state index contributed by atoms with van der Waals surface area (Å²) in [6, 6.07) is 8.11. The molecule has 0 spiro atoms. The van der Waals surface area contributed by atoms with Crippen LogP contribution in [0.4, 0.5) is 21.9 Å².